The molecule has 1 aliphatic carbocycles. The summed E-state index contributed by atoms with van der Waals surface area (Å²) in [5.74, 6) is -1.71. The van der Waals surface area contributed by atoms with Crippen molar-refractivity contribution in [1.82, 2.24) is 5.32 Å². The first kappa shape index (κ1) is 25.1. The first-order valence-corrected chi connectivity index (χ1v) is 13.5. The predicted molar refractivity (Wildman–Crippen MR) is 117 cm³/mol. The highest BCUT2D eigenvalue weighted by molar-refractivity contribution is 6.84. The Hall–Kier alpha value is -1.89. The second kappa shape index (κ2) is 8.46. The number of amides is 1. The van der Waals surface area contributed by atoms with Crippen LogP contribution in [-0.2, 0) is 23.9 Å². The van der Waals surface area contributed by atoms with Gasteiger partial charge in [0.2, 0.25) is 5.91 Å². The summed E-state index contributed by atoms with van der Waals surface area (Å²) in [5.41, 5.74) is -0.853. The van der Waals surface area contributed by atoms with Gasteiger partial charge in [-0.15, -0.1) is 0 Å². The fraction of sp³-hybridized carbons (Fsp3) is 0.682. The highest BCUT2D eigenvalue weighted by Gasteiger charge is 2.42. The van der Waals surface area contributed by atoms with Crippen LogP contribution in [0.15, 0.2) is 22.4 Å². The van der Waals surface area contributed by atoms with Crippen LogP contribution in [-0.4, -0.2) is 43.2 Å². The highest BCUT2D eigenvalue weighted by Crippen LogP contribution is 2.37. The molecule has 0 aliphatic heterocycles. The van der Waals surface area contributed by atoms with Gasteiger partial charge in [0.05, 0.1) is 25.3 Å². The van der Waals surface area contributed by atoms with Gasteiger partial charge in [-0.3, -0.25) is 4.79 Å². The Labute approximate surface area is 176 Å². The van der Waals surface area contributed by atoms with Gasteiger partial charge in [-0.05, 0) is 46.7 Å². The molecule has 0 saturated heterocycles. The van der Waals surface area contributed by atoms with Crippen LogP contribution in [0, 0.1) is 5.92 Å². The van der Waals surface area contributed by atoms with Crippen molar-refractivity contribution in [3.8, 4) is 0 Å². The van der Waals surface area contributed by atoms with E-state index in [0.29, 0.717) is 5.57 Å². The number of carbonyl (C=O) groups is 3. The second-order valence-electron chi connectivity index (χ2n) is 10.6. The van der Waals surface area contributed by atoms with Crippen molar-refractivity contribution < 1.29 is 23.9 Å². The minimum Gasteiger partial charge on any atom is -0.457 e. The molecule has 0 aromatic carbocycles. The topological polar surface area (TPSA) is 81.7 Å². The molecule has 1 amide bonds. The molecule has 0 heterocycles. The van der Waals surface area contributed by atoms with E-state index in [1.807, 2.05) is 13.0 Å². The third kappa shape index (κ3) is 7.14. The summed E-state index contributed by atoms with van der Waals surface area (Å²) in [7, 11) is -2.08. The molecule has 0 saturated carbocycles. The summed E-state index contributed by atoms with van der Waals surface area (Å²) >= 11 is 0. The van der Waals surface area contributed by atoms with E-state index in [0.717, 1.165) is 5.20 Å². The number of carbonyl (C=O) groups excluding carboxylic acids is 3. The third-order valence-corrected chi connectivity index (χ3v) is 6.31. The van der Waals surface area contributed by atoms with Crippen molar-refractivity contribution >= 4 is 25.9 Å². The molecule has 0 aromatic heterocycles. The molecule has 0 spiro atoms. The van der Waals surface area contributed by atoms with Gasteiger partial charge < -0.3 is 14.8 Å². The number of nitrogens with one attached hydrogen (secondary N) is 1. The van der Waals surface area contributed by atoms with Crippen LogP contribution in [0.2, 0.25) is 19.6 Å². The van der Waals surface area contributed by atoms with Crippen LogP contribution < -0.4 is 5.32 Å². The first-order valence-electron chi connectivity index (χ1n) is 10.0. The molecule has 0 radical (unpaired) electrons. The molecule has 0 bridgehead atoms. The Morgan fingerprint density at radius 1 is 0.931 bits per heavy atom. The van der Waals surface area contributed by atoms with E-state index in [1.54, 1.807) is 41.5 Å². The molecule has 0 aromatic rings. The average molecular weight is 424 g/mol. The van der Waals surface area contributed by atoms with E-state index in [-0.39, 0.29) is 11.5 Å². The fourth-order valence-electron chi connectivity index (χ4n) is 3.16. The maximum atomic E-state index is 13.2. The first-order chi connectivity index (χ1) is 12.8. The van der Waals surface area contributed by atoms with E-state index < -0.39 is 43.2 Å². The van der Waals surface area contributed by atoms with Crippen LogP contribution in [0.5, 0.6) is 0 Å². The number of esters is 2. The molecule has 0 fully saturated rings. The van der Waals surface area contributed by atoms with Crippen molar-refractivity contribution in [1.29, 1.82) is 0 Å². The summed E-state index contributed by atoms with van der Waals surface area (Å²) in [6, 6.07) is -0.400. The number of hydrogen-bond donors (Lipinski definition) is 1. The van der Waals surface area contributed by atoms with Crippen molar-refractivity contribution in [2.45, 2.75) is 92.3 Å². The van der Waals surface area contributed by atoms with Crippen LogP contribution >= 0.6 is 0 Å². The monoisotopic (exact) mass is 423 g/mol. The van der Waals surface area contributed by atoms with Gasteiger partial charge in [-0.25, -0.2) is 9.59 Å². The van der Waals surface area contributed by atoms with Gasteiger partial charge in [0.1, 0.15) is 11.2 Å². The van der Waals surface area contributed by atoms with Crippen LogP contribution in [0.3, 0.4) is 0 Å². The van der Waals surface area contributed by atoms with Gasteiger partial charge in [0, 0.05) is 12.8 Å². The van der Waals surface area contributed by atoms with E-state index >= 15 is 0 Å². The average Bonchev–Trinajstić information content (AvgIpc) is 2.43. The predicted octanol–water partition coefficient (Wildman–Crippen LogP) is 3.92. The summed E-state index contributed by atoms with van der Waals surface area (Å²) in [4.78, 5) is 38.2. The summed E-state index contributed by atoms with van der Waals surface area (Å²) in [6.45, 7) is 20.3. The normalized spacial score (nSPS) is 20.7. The van der Waals surface area contributed by atoms with Gasteiger partial charge in [-0.1, -0.05) is 32.6 Å². The fourth-order valence-corrected chi connectivity index (χ4v) is 4.82. The molecular formula is C22H37NO5Si. The maximum Gasteiger partial charge on any atom is 0.339 e. The number of rotatable bonds is 4. The van der Waals surface area contributed by atoms with Crippen LogP contribution in [0.1, 0.15) is 55.4 Å². The number of ether oxygens (including phenoxy) is 2. The molecule has 164 valence electrons. The van der Waals surface area contributed by atoms with E-state index in [1.165, 1.54) is 6.92 Å². The standard InChI is InChI=1S/C22H37NO5Si/c1-13-15(23-14(2)24)12-16(29(9,10)11)18(20(26)28-22(6,7)8)17(13)19(25)27-21(3,4)5/h12-13,15H,1-11H3,(H,23,24)/t13-,15-/m0/s1. The van der Waals surface area contributed by atoms with Crippen LogP contribution in [0.4, 0.5) is 0 Å². The smallest absolute Gasteiger partial charge is 0.339 e. The van der Waals surface area contributed by atoms with E-state index in [2.05, 4.69) is 25.0 Å². The molecule has 0 unspecified atom stereocenters. The zero-order chi connectivity index (χ0) is 22.9. The Morgan fingerprint density at radius 3 is 1.76 bits per heavy atom. The molecule has 2 atom stereocenters. The maximum absolute atomic E-state index is 13.2. The van der Waals surface area contributed by atoms with E-state index in [4.69, 9.17) is 9.47 Å². The second-order valence-corrected chi connectivity index (χ2v) is 15.7. The Balaban J connectivity index is 3.73. The van der Waals surface area contributed by atoms with Gasteiger partial charge in [0.25, 0.3) is 0 Å². The summed E-state index contributed by atoms with van der Waals surface area (Å²) in [6.07, 6.45) is 1.92. The third-order valence-electron chi connectivity index (χ3n) is 4.28. The van der Waals surface area contributed by atoms with Gasteiger partial charge in [-0.2, -0.15) is 0 Å². The van der Waals surface area contributed by atoms with Crippen molar-refractivity contribution in [2.75, 3.05) is 0 Å². The minimum atomic E-state index is -2.08. The molecule has 29 heavy (non-hydrogen) atoms. The lowest BCUT2D eigenvalue weighted by atomic mass is 9.84. The van der Waals surface area contributed by atoms with Gasteiger partial charge >= 0.3 is 11.9 Å². The van der Waals surface area contributed by atoms with Crippen molar-refractivity contribution in [2.24, 2.45) is 5.92 Å². The Bertz CT molecular complexity index is 745. The lowest BCUT2D eigenvalue weighted by Gasteiger charge is -2.36. The highest BCUT2D eigenvalue weighted by atomic mass is 28.3. The zero-order valence-corrected chi connectivity index (χ0v) is 20.8. The molecule has 6 nitrogen and oxygen atoms in total. The molecular weight excluding hydrogens is 386 g/mol. The van der Waals surface area contributed by atoms with Gasteiger partial charge in [0.15, 0.2) is 0 Å². The number of hydrogen-bond acceptors (Lipinski definition) is 5. The molecule has 7 heteroatoms. The zero-order valence-electron chi connectivity index (χ0n) is 19.8. The largest absolute Gasteiger partial charge is 0.457 e. The van der Waals surface area contributed by atoms with Crippen molar-refractivity contribution in [3.63, 3.8) is 0 Å². The van der Waals surface area contributed by atoms with Crippen molar-refractivity contribution in [3.05, 3.63) is 22.4 Å². The molecule has 1 rings (SSSR count). The lowest BCUT2D eigenvalue weighted by molar-refractivity contribution is -0.154. The lowest BCUT2D eigenvalue weighted by Crippen LogP contribution is -2.46. The minimum absolute atomic E-state index is 0.197. The SMILES string of the molecule is CC(=O)N[C@H]1C=C([Si](C)(C)C)C(C(=O)OC(C)(C)C)=C(C(=O)OC(C)(C)C)[C@H]1C. The molecule has 1 aliphatic rings. The quantitative estimate of drug-likeness (QED) is 0.547. The van der Waals surface area contributed by atoms with E-state index in [9.17, 15) is 14.4 Å². The molecule has 1 N–H and O–H groups in total. The Morgan fingerprint density at radius 2 is 1.38 bits per heavy atom. The Kier molecular flexibility index (Phi) is 7.33. The summed E-state index contributed by atoms with van der Waals surface area (Å²) < 4.78 is 11.3. The van der Waals surface area contributed by atoms with Crippen LogP contribution in [0.25, 0.3) is 0 Å². The summed E-state index contributed by atoms with van der Waals surface area (Å²) in [5, 5.41) is 3.70.